The van der Waals surface area contributed by atoms with E-state index in [2.05, 4.69) is 43.1 Å². The van der Waals surface area contributed by atoms with Gasteiger partial charge in [-0.05, 0) is 11.5 Å². The fourth-order valence-corrected chi connectivity index (χ4v) is 1.54. The smallest absolute Gasteiger partial charge is 0.141 e. The van der Waals surface area contributed by atoms with Crippen LogP contribution in [0.15, 0.2) is 18.3 Å². The van der Waals surface area contributed by atoms with Crippen molar-refractivity contribution in [3.8, 4) is 0 Å². The molecule has 15 heavy (non-hydrogen) atoms. The topological polar surface area (TPSA) is 54.2 Å². The zero-order valence-corrected chi connectivity index (χ0v) is 9.91. The molecule has 0 aliphatic carbocycles. The molecule has 1 aromatic heterocycles. The predicted molar refractivity (Wildman–Crippen MR) is 64.8 cm³/mol. The van der Waals surface area contributed by atoms with Gasteiger partial charge in [0.15, 0.2) is 0 Å². The Balaban J connectivity index is 2.77. The molecule has 1 heterocycles. The highest BCUT2D eigenvalue weighted by atomic mass is 15.2. The maximum atomic E-state index is 5.32. The predicted octanol–water partition coefficient (Wildman–Crippen LogP) is 1.85. The maximum absolute atomic E-state index is 5.32. The molecule has 0 aromatic carbocycles. The largest absolute Gasteiger partial charge is 0.374 e. The third-order valence-electron chi connectivity index (χ3n) is 2.04. The van der Waals surface area contributed by atoms with Crippen LogP contribution in [0, 0.1) is 5.41 Å². The molecule has 84 valence electrons. The SMILES string of the molecule is CN(CC(C)(C)C)c1ccnc(NN)c1. The van der Waals surface area contributed by atoms with E-state index < -0.39 is 0 Å². The van der Waals surface area contributed by atoms with Crippen molar-refractivity contribution in [2.75, 3.05) is 23.9 Å². The fourth-order valence-electron chi connectivity index (χ4n) is 1.54. The lowest BCUT2D eigenvalue weighted by Gasteiger charge is -2.28. The van der Waals surface area contributed by atoms with Gasteiger partial charge in [0.05, 0.1) is 0 Å². The van der Waals surface area contributed by atoms with E-state index in [4.69, 9.17) is 5.84 Å². The zero-order chi connectivity index (χ0) is 11.5. The van der Waals surface area contributed by atoms with Crippen LogP contribution in [-0.2, 0) is 0 Å². The van der Waals surface area contributed by atoms with Gasteiger partial charge >= 0.3 is 0 Å². The van der Waals surface area contributed by atoms with Crippen LogP contribution in [0.25, 0.3) is 0 Å². The molecule has 1 aromatic rings. The third kappa shape index (κ3) is 3.75. The second kappa shape index (κ2) is 4.49. The average molecular weight is 208 g/mol. The van der Waals surface area contributed by atoms with Gasteiger partial charge in [0.25, 0.3) is 0 Å². The van der Waals surface area contributed by atoms with E-state index in [-0.39, 0.29) is 5.41 Å². The molecular weight excluding hydrogens is 188 g/mol. The van der Waals surface area contributed by atoms with Crippen LogP contribution in [0.1, 0.15) is 20.8 Å². The molecule has 0 fully saturated rings. The van der Waals surface area contributed by atoms with Crippen LogP contribution in [0.5, 0.6) is 0 Å². The summed E-state index contributed by atoms with van der Waals surface area (Å²) in [7, 11) is 2.07. The number of anilines is 2. The van der Waals surface area contributed by atoms with Crippen LogP contribution in [-0.4, -0.2) is 18.6 Å². The van der Waals surface area contributed by atoms with Gasteiger partial charge in [-0.1, -0.05) is 20.8 Å². The van der Waals surface area contributed by atoms with Crippen LogP contribution >= 0.6 is 0 Å². The molecule has 0 aliphatic heterocycles. The number of nitrogen functional groups attached to an aromatic ring is 1. The van der Waals surface area contributed by atoms with E-state index in [0.29, 0.717) is 5.82 Å². The van der Waals surface area contributed by atoms with Gasteiger partial charge in [-0.25, -0.2) is 10.8 Å². The first-order chi connectivity index (χ1) is 6.92. The summed E-state index contributed by atoms with van der Waals surface area (Å²) in [5, 5.41) is 0. The van der Waals surface area contributed by atoms with Gasteiger partial charge in [0, 0.05) is 31.5 Å². The molecule has 0 saturated carbocycles. The van der Waals surface area contributed by atoms with Gasteiger partial charge < -0.3 is 10.3 Å². The van der Waals surface area contributed by atoms with Crippen LogP contribution in [0.3, 0.4) is 0 Å². The first kappa shape index (κ1) is 11.8. The summed E-state index contributed by atoms with van der Waals surface area (Å²) in [6, 6.07) is 3.92. The number of nitrogens with two attached hydrogens (primary N) is 1. The van der Waals surface area contributed by atoms with Gasteiger partial charge in [0.2, 0.25) is 0 Å². The summed E-state index contributed by atoms with van der Waals surface area (Å²) in [5.41, 5.74) is 3.94. The molecule has 0 radical (unpaired) electrons. The summed E-state index contributed by atoms with van der Waals surface area (Å²) >= 11 is 0. The number of hydrogen-bond acceptors (Lipinski definition) is 4. The van der Waals surface area contributed by atoms with Crippen LogP contribution in [0.2, 0.25) is 0 Å². The molecule has 4 heteroatoms. The van der Waals surface area contributed by atoms with E-state index in [0.717, 1.165) is 12.2 Å². The molecule has 0 bridgehead atoms. The number of nitrogens with zero attached hydrogens (tertiary/aromatic N) is 2. The van der Waals surface area contributed by atoms with Gasteiger partial charge in [-0.15, -0.1) is 0 Å². The lowest BCUT2D eigenvalue weighted by Crippen LogP contribution is -2.29. The van der Waals surface area contributed by atoms with Crippen molar-refractivity contribution in [3.05, 3.63) is 18.3 Å². The molecule has 0 amide bonds. The molecule has 3 N–H and O–H groups in total. The van der Waals surface area contributed by atoms with Crippen molar-refractivity contribution >= 4 is 11.5 Å². The fraction of sp³-hybridized carbons (Fsp3) is 0.545. The molecule has 0 unspecified atom stereocenters. The molecule has 0 saturated heterocycles. The summed E-state index contributed by atoms with van der Waals surface area (Å²) in [4.78, 5) is 6.27. The van der Waals surface area contributed by atoms with E-state index in [1.54, 1.807) is 6.20 Å². The zero-order valence-electron chi connectivity index (χ0n) is 9.91. The lowest BCUT2D eigenvalue weighted by atomic mass is 9.96. The number of nitrogens with one attached hydrogen (secondary N) is 1. The first-order valence-electron chi connectivity index (χ1n) is 5.06. The Hall–Kier alpha value is -1.29. The quantitative estimate of drug-likeness (QED) is 0.588. The molecule has 1 rings (SSSR count). The maximum Gasteiger partial charge on any atom is 0.141 e. The van der Waals surface area contributed by atoms with E-state index in [1.165, 1.54) is 0 Å². The third-order valence-corrected chi connectivity index (χ3v) is 2.04. The minimum atomic E-state index is 0.272. The normalized spacial score (nSPS) is 11.3. The van der Waals surface area contributed by atoms with E-state index >= 15 is 0 Å². The van der Waals surface area contributed by atoms with Crippen molar-refractivity contribution < 1.29 is 0 Å². The second-order valence-corrected chi connectivity index (χ2v) is 4.96. The van der Waals surface area contributed by atoms with Crippen molar-refractivity contribution in [2.45, 2.75) is 20.8 Å². The van der Waals surface area contributed by atoms with Gasteiger partial charge in [-0.3, -0.25) is 0 Å². The molecule has 4 nitrogen and oxygen atoms in total. The highest BCUT2D eigenvalue weighted by Crippen LogP contribution is 2.21. The van der Waals surface area contributed by atoms with E-state index in [9.17, 15) is 0 Å². The number of aromatic nitrogens is 1. The second-order valence-electron chi connectivity index (χ2n) is 4.96. The van der Waals surface area contributed by atoms with Gasteiger partial charge in [-0.2, -0.15) is 0 Å². The summed E-state index contributed by atoms with van der Waals surface area (Å²) in [6.07, 6.45) is 1.75. The minimum Gasteiger partial charge on any atom is -0.374 e. The monoisotopic (exact) mass is 208 g/mol. The minimum absolute atomic E-state index is 0.272. The summed E-state index contributed by atoms with van der Waals surface area (Å²) < 4.78 is 0. The first-order valence-corrected chi connectivity index (χ1v) is 5.06. The molecule has 0 atom stereocenters. The Kier molecular flexibility index (Phi) is 3.52. The average Bonchev–Trinajstić information content (AvgIpc) is 2.15. The Labute approximate surface area is 91.5 Å². The highest BCUT2D eigenvalue weighted by molar-refractivity contribution is 5.52. The van der Waals surface area contributed by atoms with Crippen molar-refractivity contribution in [3.63, 3.8) is 0 Å². The summed E-state index contributed by atoms with van der Waals surface area (Å²) in [6.45, 7) is 7.63. The Morgan fingerprint density at radius 2 is 2.13 bits per heavy atom. The number of hydrazine groups is 1. The Bertz CT molecular complexity index is 317. The standard InChI is InChI=1S/C11H20N4/c1-11(2,3)8-15(4)9-5-6-13-10(7-9)14-12/h5-7H,8,12H2,1-4H3,(H,13,14). The molecule has 0 aliphatic rings. The lowest BCUT2D eigenvalue weighted by molar-refractivity contribution is 0.419. The van der Waals surface area contributed by atoms with Crippen molar-refractivity contribution in [1.29, 1.82) is 0 Å². The highest BCUT2D eigenvalue weighted by Gasteiger charge is 2.14. The summed E-state index contributed by atoms with van der Waals surface area (Å²) in [5.74, 6) is 6.00. The molecular formula is C11H20N4. The number of pyridine rings is 1. The van der Waals surface area contributed by atoms with Crippen LogP contribution in [0.4, 0.5) is 11.5 Å². The molecule has 0 spiro atoms. The van der Waals surface area contributed by atoms with Crippen molar-refractivity contribution in [2.24, 2.45) is 11.3 Å². The number of rotatable bonds is 3. The Morgan fingerprint density at radius 1 is 1.47 bits per heavy atom. The van der Waals surface area contributed by atoms with Gasteiger partial charge in [0.1, 0.15) is 5.82 Å². The van der Waals surface area contributed by atoms with E-state index in [1.807, 2.05) is 12.1 Å². The number of hydrogen-bond donors (Lipinski definition) is 2. The van der Waals surface area contributed by atoms with Crippen LogP contribution < -0.4 is 16.2 Å². The Morgan fingerprint density at radius 3 is 2.67 bits per heavy atom. The van der Waals surface area contributed by atoms with Crippen molar-refractivity contribution in [1.82, 2.24) is 4.98 Å².